The number of aromatic nitrogens is 3. The molecule has 0 bridgehead atoms. The molecule has 2 heterocycles. The number of aromatic amines is 1. The van der Waals surface area contributed by atoms with Crippen molar-refractivity contribution in [2.24, 2.45) is 0 Å². The number of hydrogen-bond acceptors (Lipinski definition) is 2. The molecule has 0 unspecified atom stereocenters. The van der Waals surface area contributed by atoms with Crippen LogP contribution in [0.25, 0.3) is 16.6 Å². The van der Waals surface area contributed by atoms with E-state index < -0.39 is 0 Å². The normalized spacial score (nSPS) is 11.0. The van der Waals surface area contributed by atoms with Gasteiger partial charge in [-0.2, -0.15) is 5.10 Å². The summed E-state index contributed by atoms with van der Waals surface area (Å²) in [4.78, 5) is 15.7. The van der Waals surface area contributed by atoms with Gasteiger partial charge in [0.15, 0.2) is 0 Å². The third-order valence-corrected chi connectivity index (χ3v) is 3.92. The van der Waals surface area contributed by atoms with E-state index in [1.807, 2.05) is 31.2 Å². The molecule has 0 aliphatic carbocycles. The lowest BCUT2D eigenvalue weighted by molar-refractivity contribution is 0.102. The average molecular weight is 334 g/mol. The molecule has 0 aliphatic rings. The molecule has 0 spiro atoms. The van der Waals surface area contributed by atoms with E-state index in [2.05, 4.69) is 15.4 Å². The highest BCUT2D eigenvalue weighted by atomic mass is 19.1. The molecular formula is C19H15FN4O. The molecule has 2 aromatic carbocycles. The summed E-state index contributed by atoms with van der Waals surface area (Å²) in [7, 11) is 0. The fraction of sp³-hybridized carbons (Fsp3) is 0.0526. The van der Waals surface area contributed by atoms with E-state index in [9.17, 15) is 9.18 Å². The van der Waals surface area contributed by atoms with Gasteiger partial charge in [-0.05, 0) is 43.3 Å². The zero-order chi connectivity index (χ0) is 17.4. The minimum atomic E-state index is -0.323. The van der Waals surface area contributed by atoms with Crippen molar-refractivity contribution < 1.29 is 9.18 Å². The first-order valence-corrected chi connectivity index (χ1v) is 7.82. The Morgan fingerprint density at radius 3 is 2.64 bits per heavy atom. The number of rotatable bonds is 3. The van der Waals surface area contributed by atoms with Gasteiger partial charge >= 0.3 is 0 Å². The summed E-state index contributed by atoms with van der Waals surface area (Å²) < 4.78 is 14.7. The predicted molar refractivity (Wildman–Crippen MR) is 94.5 cm³/mol. The lowest BCUT2D eigenvalue weighted by Crippen LogP contribution is -2.15. The maximum absolute atomic E-state index is 13.1. The smallest absolute Gasteiger partial charge is 0.273 e. The van der Waals surface area contributed by atoms with Crippen molar-refractivity contribution >= 4 is 22.6 Å². The molecular weight excluding hydrogens is 319 g/mol. The van der Waals surface area contributed by atoms with Crippen LogP contribution < -0.4 is 5.32 Å². The first kappa shape index (κ1) is 15.1. The Balaban J connectivity index is 1.66. The number of halogens is 1. The van der Waals surface area contributed by atoms with E-state index in [0.29, 0.717) is 17.2 Å². The second-order valence-electron chi connectivity index (χ2n) is 5.78. The SMILES string of the molecule is Cc1cc(NC(=O)c2cc3ccccc3[nH]2)n(-c2ccc(F)cc2)n1. The van der Waals surface area contributed by atoms with Crippen molar-refractivity contribution in [3.63, 3.8) is 0 Å². The lowest BCUT2D eigenvalue weighted by atomic mass is 10.2. The van der Waals surface area contributed by atoms with Gasteiger partial charge in [-0.25, -0.2) is 9.07 Å². The number of anilines is 1. The minimum absolute atomic E-state index is 0.264. The number of amides is 1. The summed E-state index contributed by atoms with van der Waals surface area (Å²) in [5.41, 5.74) is 2.78. The van der Waals surface area contributed by atoms with E-state index in [1.165, 1.54) is 12.1 Å². The molecule has 0 radical (unpaired) electrons. The van der Waals surface area contributed by atoms with Gasteiger partial charge in [0.1, 0.15) is 17.3 Å². The lowest BCUT2D eigenvalue weighted by Gasteiger charge is -2.08. The number of nitrogens with one attached hydrogen (secondary N) is 2. The van der Waals surface area contributed by atoms with Crippen LogP contribution in [0.15, 0.2) is 60.7 Å². The minimum Gasteiger partial charge on any atom is -0.351 e. The van der Waals surface area contributed by atoms with Gasteiger partial charge in [-0.15, -0.1) is 0 Å². The second kappa shape index (κ2) is 5.90. The van der Waals surface area contributed by atoms with Crippen molar-refractivity contribution in [1.29, 1.82) is 0 Å². The van der Waals surface area contributed by atoms with Gasteiger partial charge in [0.05, 0.1) is 11.4 Å². The van der Waals surface area contributed by atoms with E-state index in [4.69, 9.17) is 0 Å². The average Bonchev–Trinajstić information content (AvgIpc) is 3.19. The number of para-hydroxylation sites is 1. The Bertz CT molecular complexity index is 1030. The highest BCUT2D eigenvalue weighted by molar-refractivity contribution is 6.05. The molecule has 0 saturated carbocycles. The summed E-state index contributed by atoms with van der Waals surface area (Å²) >= 11 is 0. The van der Waals surface area contributed by atoms with Crippen LogP contribution in [0.2, 0.25) is 0 Å². The molecule has 25 heavy (non-hydrogen) atoms. The first-order valence-electron chi connectivity index (χ1n) is 7.82. The van der Waals surface area contributed by atoms with Gasteiger partial charge in [-0.3, -0.25) is 4.79 Å². The topological polar surface area (TPSA) is 62.7 Å². The Hall–Kier alpha value is -3.41. The zero-order valence-corrected chi connectivity index (χ0v) is 13.5. The summed E-state index contributed by atoms with van der Waals surface area (Å²) in [6.07, 6.45) is 0. The molecule has 5 nitrogen and oxygen atoms in total. The number of fused-ring (bicyclic) bond motifs is 1. The summed E-state index contributed by atoms with van der Waals surface area (Å²) in [5.74, 6) is -0.0662. The fourth-order valence-corrected chi connectivity index (χ4v) is 2.75. The first-order chi connectivity index (χ1) is 12.1. The molecule has 2 N–H and O–H groups in total. The third-order valence-electron chi connectivity index (χ3n) is 3.92. The van der Waals surface area contributed by atoms with Gasteiger partial charge in [-0.1, -0.05) is 18.2 Å². The number of benzene rings is 2. The molecule has 0 saturated heterocycles. The molecule has 4 rings (SSSR count). The number of hydrogen-bond donors (Lipinski definition) is 2. The summed E-state index contributed by atoms with van der Waals surface area (Å²) in [6.45, 7) is 1.83. The van der Waals surface area contributed by atoms with Crippen molar-refractivity contribution in [3.05, 3.63) is 77.9 Å². The summed E-state index contributed by atoms with van der Waals surface area (Å²) in [5, 5.41) is 8.20. The van der Waals surface area contributed by atoms with Gasteiger partial charge in [0.2, 0.25) is 0 Å². The van der Waals surface area contributed by atoms with E-state index in [-0.39, 0.29) is 11.7 Å². The van der Waals surface area contributed by atoms with Crippen LogP contribution in [0.5, 0.6) is 0 Å². The summed E-state index contributed by atoms with van der Waals surface area (Å²) in [6, 6.07) is 17.2. The Labute approximate surface area is 143 Å². The molecule has 0 atom stereocenters. The van der Waals surface area contributed by atoms with E-state index in [1.54, 1.807) is 28.9 Å². The largest absolute Gasteiger partial charge is 0.351 e. The maximum atomic E-state index is 13.1. The maximum Gasteiger partial charge on any atom is 0.273 e. The van der Waals surface area contributed by atoms with Crippen LogP contribution >= 0.6 is 0 Å². The van der Waals surface area contributed by atoms with E-state index >= 15 is 0 Å². The Morgan fingerprint density at radius 2 is 1.88 bits per heavy atom. The standard InChI is InChI=1S/C19H15FN4O/c1-12-10-18(24(23-12)15-8-6-14(20)7-9-15)22-19(25)17-11-13-4-2-3-5-16(13)21-17/h2-11,21H,1H3,(H,22,25). The number of carbonyl (C=O) groups excluding carboxylic acids is 1. The molecule has 6 heteroatoms. The monoisotopic (exact) mass is 334 g/mol. The predicted octanol–water partition coefficient (Wildman–Crippen LogP) is 4.05. The van der Waals surface area contributed by atoms with Gasteiger partial charge in [0, 0.05) is 17.0 Å². The van der Waals surface area contributed by atoms with E-state index in [0.717, 1.165) is 16.6 Å². The van der Waals surface area contributed by atoms with Crippen LogP contribution in [0.1, 0.15) is 16.2 Å². The van der Waals surface area contributed by atoms with Crippen molar-refractivity contribution in [1.82, 2.24) is 14.8 Å². The van der Waals surface area contributed by atoms with Crippen molar-refractivity contribution in [2.45, 2.75) is 6.92 Å². The number of carbonyl (C=O) groups is 1. The van der Waals surface area contributed by atoms with Crippen molar-refractivity contribution in [3.8, 4) is 5.69 Å². The number of H-pyrrole nitrogens is 1. The second-order valence-corrected chi connectivity index (χ2v) is 5.78. The molecule has 0 aliphatic heterocycles. The number of nitrogens with zero attached hydrogens (tertiary/aromatic N) is 2. The molecule has 1 amide bonds. The molecule has 124 valence electrons. The van der Waals surface area contributed by atoms with Crippen LogP contribution in [-0.2, 0) is 0 Å². The molecule has 4 aromatic rings. The van der Waals surface area contributed by atoms with Crippen LogP contribution in [-0.4, -0.2) is 20.7 Å². The highest BCUT2D eigenvalue weighted by Gasteiger charge is 2.14. The highest BCUT2D eigenvalue weighted by Crippen LogP contribution is 2.20. The quantitative estimate of drug-likeness (QED) is 0.593. The fourth-order valence-electron chi connectivity index (χ4n) is 2.75. The Morgan fingerprint density at radius 1 is 1.12 bits per heavy atom. The zero-order valence-electron chi connectivity index (χ0n) is 13.5. The number of aryl methyl sites for hydroxylation is 1. The van der Waals surface area contributed by atoms with Crippen LogP contribution in [0.4, 0.5) is 10.2 Å². The molecule has 2 aromatic heterocycles. The van der Waals surface area contributed by atoms with Crippen LogP contribution in [0, 0.1) is 12.7 Å². The van der Waals surface area contributed by atoms with Gasteiger partial charge in [0.25, 0.3) is 5.91 Å². The third kappa shape index (κ3) is 2.89. The Kier molecular flexibility index (Phi) is 3.57. The van der Waals surface area contributed by atoms with Crippen LogP contribution in [0.3, 0.4) is 0 Å². The van der Waals surface area contributed by atoms with Crippen molar-refractivity contribution in [2.75, 3.05) is 5.32 Å². The van der Waals surface area contributed by atoms with Gasteiger partial charge < -0.3 is 10.3 Å². The molecule has 0 fully saturated rings.